The van der Waals surface area contributed by atoms with Crippen LogP contribution in [-0.4, -0.2) is 48.5 Å². The predicted molar refractivity (Wildman–Crippen MR) is 132 cm³/mol. The highest BCUT2D eigenvalue weighted by Gasteiger charge is 2.44. The summed E-state index contributed by atoms with van der Waals surface area (Å²) in [6, 6.07) is 8.91. The highest BCUT2D eigenvalue weighted by Crippen LogP contribution is 2.41. The fourth-order valence-electron chi connectivity index (χ4n) is 4.55. The molecule has 0 atom stereocenters. The predicted octanol–water partition coefficient (Wildman–Crippen LogP) is 5.87. The lowest BCUT2D eigenvalue weighted by Crippen LogP contribution is -2.52. The van der Waals surface area contributed by atoms with Gasteiger partial charge in [0.1, 0.15) is 11.4 Å². The number of carbonyl (C=O) groups excluding carboxylic acids is 2. The Morgan fingerprint density at radius 2 is 1.88 bits per heavy atom. The van der Waals surface area contributed by atoms with Gasteiger partial charge < -0.3 is 19.1 Å². The second-order valence-electron chi connectivity index (χ2n) is 9.07. The number of ketones is 1. The van der Waals surface area contributed by atoms with Crippen LogP contribution >= 0.6 is 11.6 Å². The first kappa shape index (κ1) is 24.4. The lowest BCUT2D eigenvalue weighted by atomic mass is 9.82. The molecule has 0 aliphatic carbocycles. The maximum Gasteiger partial charge on any atom is 0.253 e. The van der Waals surface area contributed by atoms with Crippen molar-refractivity contribution in [2.24, 2.45) is 0 Å². The molecule has 1 amide bonds. The molecule has 0 radical (unpaired) electrons. The molecule has 0 aromatic heterocycles. The van der Waals surface area contributed by atoms with Gasteiger partial charge in [-0.3, -0.25) is 9.59 Å². The van der Waals surface area contributed by atoms with Crippen LogP contribution in [0.4, 0.5) is 0 Å². The molecule has 0 bridgehead atoms. The summed E-state index contributed by atoms with van der Waals surface area (Å²) in [6.07, 6.45) is 3.51. The number of amides is 1. The zero-order valence-corrected chi connectivity index (χ0v) is 20.9. The Bertz CT molecular complexity index is 1070. The molecule has 4 rings (SSSR count). The second kappa shape index (κ2) is 10.3. The van der Waals surface area contributed by atoms with Gasteiger partial charge in [-0.2, -0.15) is 0 Å². The van der Waals surface area contributed by atoms with E-state index in [1.54, 1.807) is 18.2 Å². The fraction of sp³-hybridized carbons (Fsp3) is 0.481. The van der Waals surface area contributed by atoms with Gasteiger partial charge in [0.15, 0.2) is 17.3 Å². The van der Waals surface area contributed by atoms with Crippen molar-refractivity contribution in [3.63, 3.8) is 0 Å². The zero-order valence-electron chi connectivity index (χ0n) is 20.1. The van der Waals surface area contributed by atoms with Gasteiger partial charge in [-0.25, -0.2) is 0 Å². The molecule has 34 heavy (non-hydrogen) atoms. The SMILES string of the molecule is CCCCOc1ccc(C(=O)N2CCC3(CC2)CC(=O)c2cc(Cl)c(C)cc2O3)cc1OCC. The molecule has 2 aliphatic heterocycles. The topological polar surface area (TPSA) is 65.1 Å². The third-order valence-electron chi connectivity index (χ3n) is 6.58. The average Bonchev–Trinajstić information content (AvgIpc) is 2.82. The Morgan fingerprint density at radius 1 is 1.12 bits per heavy atom. The number of piperidine rings is 1. The number of carbonyl (C=O) groups is 2. The Hall–Kier alpha value is -2.73. The van der Waals surface area contributed by atoms with E-state index in [2.05, 4.69) is 6.92 Å². The van der Waals surface area contributed by atoms with Crippen LogP contribution in [0.3, 0.4) is 0 Å². The number of fused-ring (bicyclic) bond motifs is 1. The van der Waals surface area contributed by atoms with Crippen molar-refractivity contribution in [1.29, 1.82) is 0 Å². The van der Waals surface area contributed by atoms with Gasteiger partial charge in [-0.15, -0.1) is 0 Å². The van der Waals surface area contributed by atoms with Crippen LogP contribution in [0, 0.1) is 6.92 Å². The van der Waals surface area contributed by atoms with E-state index in [1.807, 2.05) is 30.9 Å². The molecule has 1 fully saturated rings. The summed E-state index contributed by atoms with van der Waals surface area (Å²) in [4.78, 5) is 27.9. The molecule has 2 heterocycles. The average molecular weight is 486 g/mol. The fourth-order valence-corrected chi connectivity index (χ4v) is 4.71. The van der Waals surface area contributed by atoms with E-state index in [0.29, 0.717) is 79.0 Å². The van der Waals surface area contributed by atoms with Crippen LogP contribution in [-0.2, 0) is 0 Å². The number of benzene rings is 2. The number of nitrogens with zero attached hydrogens (tertiary/aromatic N) is 1. The molecule has 7 heteroatoms. The third-order valence-corrected chi connectivity index (χ3v) is 6.99. The maximum atomic E-state index is 13.3. The van der Waals surface area contributed by atoms with E-state index in [0.717, 1.165) is 18.4 Å². The number of Topliss-reactive ketones (excluding diaryl/α,β-unsaturated/α-hetero) is 1. The molecule has 182 valence electrons. The first-order valence-corrected chi connectivity index (χ1v) is 12.4. The van der Waals surface area contributed by atoms with Gasteiger partial charge in [-0.05, 0) is 56.2 Å². The van der Waals surface area contributed by atoms with Crippen LogP contribution < -0.4 is 14.2 Å². The van der Waals surface area contributed by atoms with Crippen molar-refractivity contribution in [3.8, 4) is 17.2 Å². The summed E-state index contributed by atoms with van der Waals surface area (Å²) in [6.45, 7) is 8.07. The van der Waals surface area contributed by atoms with Gasteiger partial charge in [0, 0.05) is 36.5 Å². The molecule has 2 aliphatic rings. The minimum absolute atomic E-state index is 0.0444. The molecular weight excluding hydrogens is 454 g/mol. The van der Waals surface area contributed by atoms with Gasteiger partial charge in [-0.1, -0.05) is 24.9 Å². The van der Waals surface area contributed by atoms with Crippen molar-refractivity contribution in [1.82, 2.24) is 4.90 Å². The minimum Gasteiger partial charge on any atom is -0.490 e. The summed E-state index contributed by atoms with van der Waals surface area (Å²) < 4.78 is 17.9. The quantitative estimate of drug-likeness (QED) is 0.459. The summed E-state index contributed by atoms with van der Waals surface area (Å²) in [5.74, 6) is 1.83. The first-order chi connectivity index (χ1) is 16.4. The van der Waals surface area contributed by atoms with Crippen molar-refractivity contribution in [2.75, 3.05) is 26.3 Å². The molecule has 0 N–H and O–H groups in total. The monoisotopic (exact) mass is 485 g/mol. The smallest absolute Gasteiger partial charge is 0.253 e. The van der Waals surface area contributed by atoms with E-state index >= 15 is 0 Å². The molecule has 2 aromatic carbocycles. The normalized spacial score (nSPS) is 16.7. The number of unbranched alkanes of at least 4 members (excludes halogenated alkanes) is 1. The van der Waals surface area contributed by atoms with Crippen LogP contribution in [0.2, 0.25) is 5.02 Å². The summed E-state index contributed by atoms with van der Waals surface area (Å²) in [5, 5.41) is 0.570. The van der Waals surface area contributed by atoms with Gasteiger partial charge >= 0.3 is 0 Å². The van der Waals surface area contributed by atoms with E-state index < -0.39 is 5.60 Å². The highest BCUT2D eigenvalue weighted by atomic mass is 35.5. The van der Waals surface area contributed by atoms with Crippen molar-refractivity contribution >= 4 is 23.3 Å². The summed E-state index contributed by atoms with van der Waals surface area (Å²) >= 11 is 6.20. The number of hydrogen-bond acceptors (Lipinski definition) is 5. The van der Waals surface area contributed by atoms with Crippen molar-refractivity contribution < 1.29 is 23.8 Å². The maximum absolute atomic E-state index is 13.3. The van der Waals surface area contributed by atoms with Crippen molar-refractivity contribution in [2.45, 2.75) is 58.5 Å². The molecule has 0 unspecified atom stereocenters. The molecule has 1 saturated heterocycles. The lowest BCUT2D eigenvalue weighted by molar-refractivity contribution is -0.00574. The summed E-state index contributed by atoms with van der Waals surface area (Å²) in [7, 11) is 0. The van der Waals surface area contributed by atoms with Gasteiger partial charge in [0.05, 0.1) is 25.2 Å². The van der Waals surface area contributed by atoms with Crippen LogP contribution in [0.1, 0.15) is 72.2 Å². The standard InChI is InChI=1S/C27H32ClNO5/c1-4-6-13-33-23-8-7-19(15-25(23)32-5-2)26(31)29-11-9-27(10-12-29)17-22(30)20-16-21(28)18(3)14-24(20)34-27/h7-8,14-16H,4-6,9-13,17H2,1-3H3. The summed E-state index contributed by atoms with van der Waals surface area (Å²) in [5.41, 5.74) is 1.42. The highest BCUT2D eigenvalue weighted by molar-refractivity contribution is 6.31. The molecule has 1 spiro atoms. The molecule has 6 nitrogen and oxygen atoms in total. The molecule has 0 saturated carbocycles. The number of ether oxygens (including phenoxy) is 3. The Morgan fingerprint density at radius 3 is 2.59 bits per heavy atom. The minimum atomic E-state index is -0.575. The number of likely N-dealkylation sites (tertiary alicyclic amines) is 1. The van der Waals surface area contributed by atoms with E-state index in [9.17, 15) is 9.59 Å². The van der Waals surface area contributed by atoms with Crippen molar-refractivity contribution in [3.05, 3.63) is 52.0 Å². The van der Waals surface area contributed by atoms with Crippen LogP contribution in [0.25, 0.3) is 0 Å². The lowest BCUT2D eigenvalue weighted by Gasteiger charge is -2.44. The Balaban J connectivity index is 1.45. The van der Waals surface area contributed by atoms with E-state index in [-0.39, 0.29) is 11.7 Å². The molecular formula is C27H32ClNO5. The zero-order chi connectivity index (χ0) is 24.3. The van der Waals surface area contributed by atoms with Gasteiger partial charge in [0.2, 0.25) is 0 Å². The third kappa shape index (κ3) is 5.02. The van der Waals surface area contributed by atoms with Gasteiger partial charge in [0.25, 0.3) is 5.91 Å². The Labute approximate surface area is 206 Å². The number of hydrogen-bond donors (Lipinski definition) is 0. The van der Waals surface area contributed by atoms with E-state index in [1.165, 1.54) is 0 Å². The van der Waals surface area contributed by atoms with E-state index in [4.69, 9.17) is 25.8 Å². The Kier molecular flexibility index (Phi) is 7.36. The number of rotatable bonds is 7. The number of aryl methyl sites for hydroxylation is 1. The number of halogens is 1. The first-order valence-electron chi connectivity index (χ1n) is 12.1. The van der Waals surface area contributed by atoms with Crippen LogP contribution in [0.15, 0.2) is 30.3 Å². The second-order valence-corrected chi connectivity index (χ2v) is 9.48. The molecule has 2 aromatic rings. The van der Waals surface area contributed by atoms with Crippen LogP contribution in [0.5, 0.6) is 17.2 Å². The largest absolute Gasteiger partial charge is 0.490 e.